The van der Waals surface area contributed by atoms with Gasteiger partial charge in [-0.25, -0.2) is 0 Å². The van der Waals surface area contributed by atoms with Crippen LogP contribution in [0.15, 0.2) is 0 Å². The van der Waals surface area contributed by atoms with Gasteiger partial charge in [0.15, 0.2) is 0 Å². The molecule has 0 N–H and O–H groups in total. The van der Waals surface area contributed by atoms with Crippen LogP contribution in [0.4, 0.5) is 0 Å². The predicted molar refractivity (Wildman–Crippen MR) is 53.9 cm³/mol. The van der Waals surface area contributed by atoms with Crippen molar-refractivity contribution in [2.24, 2.45) is 0 Å². The van der Waals surface area contributed by atoms with Gasteiger partial charge in [0, 0.05) is 8.77 Å². The summed E-state index contributed by atoms with van der Waals surface area (Å²) in [5.74, 6) is 0. The molecule has 0 radical (unpaired) electrons. The zero-order chi connectivity index (χ0) is 8.57. The second-order valence-electron chi connectivity index (χ2n) is 0.908. The van der Waals surface area contributed by atoms with E-state index in [1.54, 1.807) is 0 Å². The Balaban J connectivity index is -0.000000107. The molecule has 0 saturated heterocycles. The Labute approximate surface area is 99.0 Å². The van der Waals surface area contributed by atoms with Gasteiger partial charge < -0.3 is 59.2 Å². The largest absolute Gasteiger partial charge is 2.00 e. The number of hydrogen-bond acceptors (Lipinski definition) is 6. The van der Waals surface area contributed by atoms with Crippen molar-refractivity contribution in [3.8, 4) is 0 Å². The first kappa shape index (κ1) is 17.7. The molecule has 0 bridgehead atoms. The first-order valence-electron chi connectivity index (χ1n) is 2.04. The van der Waals surface area contributed by atoms with Crippen LogP contribution in [0.5, 0.6) is 0 Å². The molecule has 0 spiro atoms. The SMILES string of the molecule is COC(=S)[S-].COC(=S)[S-].[Cr+2]. The molecule has 0 unspecified atom stereocenters. The fourth-order valence-corrected chi connectivity index (χ4v) is 0. The smallest absolute Gasteiger partial charge is 0.517 e. The maximum Gasteiger partial charge on any atom is 2.00 e. The minimum Gasteiger partial charge on any atom is -0.517 e. The van der Waals surface area contributed by atoms with E-state index in [2.05, 4.69) is 59.2 Å². The van der Waals surface area contributed by atoms with Crippen molar-refractivity contribution in [2.75, 3.05) is 14.2 Å². The van der Waals surface area contributed by atoms with Crippen LogP contribution in [-0.4, -0.2) is 23.0 Å². The fraction of sp³-hybridized carbons (Fsp3) is 0.500. The summed E-state index contributed by atoms with van der Waals surface area (Å²) in [5, 5.41) is 0. The molecule has 0 amide bonds. The van der Waals surface area contributed by atoms with Crippen molar-refractivity contribution in [3.63, 3.8) is 0 Å². The van der Waals surface area contributed by atoms with Crippen LogP contribution in [0.25, 0.3) is 0 Å². The number of methoxy groups -OCH3 is 2. The minimum absolute atomic E-state index is 0. The van der Waals surface area contributed by atoms with E-state index in [0.29, 0.717) is 0 Å². The fourth-order valence-electron chi connectivity index (χ4n) is 0. The molecule has 0 aliphatic heterocycles. The summed E-state index contributed by atoms with van der Waals surface area (Å²) in [4.78, 5) is 0. The van der Waals surface area contributed by atoms with Crippen LogP contribution in [0, 0.1) is 0 Å². The molecule has 0 atom stereocenters. The Kier molecular flexibility index (Phi) is 21.5. The zero-order valence-electron chi connectivity index (χ0n) is 5.86. The third-order valence-electron chi connectivity index (χ3n) is 0.333. The first-order valence-corrected chi connectivity index (χ1v) is 3.67. The molecule has 0 saturated carbocycles. The van der Waals surface area contributed by atoms with E-state index < -0.39 is 0 Å². The van der Waals surface area contributed by atoms with E-state index in [1.807, 2.05) is 0 Å². The molecule has 0 aromatic rings. The van der Waals surface area contributed by atoms with E-state index in [1.165, 1.54) is 14.2 Å². The Morgan fingerprint density at radius 1 is 1.00 bits per heavy atom. The summed E-state index contributed by atoms with van der Waals surface area (Å²) in [6.45, 7) is 0. The predicted octanol–water partition coefficient (Wildman–Crippen LogP) is 0.927. The van der Waals surface area contributed by atoms with Crippen molar-refractivity contribution in [1.82, 2.24) is 0 Å². The van der Waals surface area contributed by atoms with Crippen LogP contribution < -0.4 is 0 Å². The van der Waals surface area contributed by atoms with Crippen molar-refractivity contribution in [2.45, 2.75) is 0 Å². The Morgan fingerprint density at radius 3 is 1.09 bits per heavy atom. The third kappa shape index (κ3) is 36.5. The van der Waals surface area contributed by atoms with Crippen LogP contribution in [0.1, 0.15) is 0 Å². The summed E-state index contributed by atoms with van der Waals surface area (Å²) in [5.41, 5.74) is 0. The van der Waals surface area contributed by atoms with Gasteiger partial charge in [0.25, 0.3) is 0 Å². The topological polar surface area (TPSA) is 18.5 Å². The first-order chi connectivity index (χ1) is 4.54. The monoisotopic (exact) mass is 266 g/mol. The van der Waals surface area contributed by atoms with Crippen LogP contribution >= 0.6 is 24.4 Å². The van der Waals surface area contributed by atoms with Gasteiger partial charge in [-0.05, 0) is 0 Å². The molecule has 64 valence electrons. The van der Waals surface area contributed by atoms with Crippen LogP contribution in [0.2, 0.25) is 0 Å². The summed E-state index contributed by atoms with van der Waals surface area (Å²) in [6, 6.07) is 0. The average Bonchev–Trinajstić information content (AvgIpc) is 1.89. The molecule has 0 heterocycles. The molecule has 0 aliphatic rings. The molecule has 0 aliphatic carbocycles. The maximum absolute atomic E-state index is 4.30. The summed E-state index contributed by atoms with van der Waals surface area (Å²) in [6.07, 6.45) is 0. The Hall–Kier alpha value is 0.752. The molecule has 0 aromatic heterocycles. The normalized spacial score (nSPS) is 6.00. The van der Waals surface area contributed by atoms with Gasteiger partial charge in [0.2, 0.25) is 0 Å². The van der Waals surface area contributed by atoms with Crippen LogP contribution in [0.3, 0.4) is 0 Å². The Bertz CT molecular complexity index is 105. The quantitative estimate of drug-likeness (QED) is 0.476. The van der Waals surface area contributed by atoms with Crippen molar-refractivity contribution < 1.29 is 26.8 Å². The van der Waals surface area contributed by atoms with Crippen molar-refractivity contribution in [1.29, 1.82) is 0 Å². The molecular formula is C4H6CrO2S4. The van der Waals surface area contributed by atoms with Gasteiger partial charge in [-0.1, -0.05) is 0 Å². The molecule has 2 nitrogen and oxygen atoms in total. The van der Waals surface area contributed by atoms with E-state index in [9.17, 15) is 0 Å². The summed E-state index contributed by atoms with van der Waals surface area (Å²) < 4.78 is 8.94. The molecule has 11 heavy (non-hydrogen) atoms. The van der Waals surface area contributed by atoms with Gasteiger partial charge in [-0.15, -0.1) is 0 Å². The molecule has 0 aromatic carbocycles. The Morgan fingerprint density at radius 2 is 1.09 bits per heavy atom. The molecule has 0 fully saturated rings. The van der Waals surface area contributed by atoms with Gasteiger partial charge in [-0.3, -0.25) is 0 Å². The van der Waals surface area contributed by atoms with Gasteiger partial charge in [0.05, 0.1) is 14.2 Å². The van der Waals surface area contributed by atoms with E-state index in [-0.39, 0.29) is 26.1 Å². The van der Waals surface area contributed by atoms with Gasteiger partial charge in [0.1, 0.15) is 0 Å². The average molecular weight is 266 g/mol. The van der Waals surface area contributed by atoms with E-state index in [0.717, 1.165) is 0 Å². The standard InChI is InChI=1S/2C2H4OS2.Cr/c2*1-3-2(4)5;/h2*1H3,(H,4,5);/q;;+2/p-2. The maximum atomic E-state index is 4.30. The third-order valence-corrected chi connectivity index (χ3v) is 1.00. The number of rotatable bonds is 0. The molecular weight excluding hydrogens is 260 g/mol. The van der Waals surface area contributed by atoms with E-state index in [4.69, 9.17) is 0 Å². The van der Waals surface area contributed by atoms with Crippen molar-refractivity contribution in [3.05, 3.63) is 0 Å². The second kappa shape index (κ2) is 13.3. The minimum atomic E-state index is 0. The number of ether oxygens (including phenoxy) is 2. The van der Waals surface area contributed by atoms with Crippen molar-refractivity contribution >= 4 is 58.5 Å². The van der Waals surface area contributed by atoms with E-state index >= 15 is 0 Å². The zero-order valence-corrected chi connectivity index (χ0v) is 10.4. The molecule has 0 rings (SSSR count). The number of thiocarbonyl (C=S) groups is 2. The summed E-state index contributed by atoms with van der Waals surface area (Å²) in [7, 11) is 2.91. The number of hydrogen-bond donors (Lipinski definition) is 0. The van der Waals surface area contributed by atoms with Gasteiger partial charge in [-0.2, -0.15) is 0 Å². The molecule has 7 heteroatoms. The second-order valence-corrected chi connectivity index (χ2v) is 2.91. The van der Waals surface area contributed by atoms with Crippen LogP contribution in [-0.2, 0) is 52.1 Å². The summed E-state index contributed by atoms with van der Waals surface area (Å²) >= 11 is 17.2. The van der Waals surface area contributed by atoms with Gasteiger partial charge >= 0.3 is 17.4 Å².